The van der Waals surface area contributed by atoms with Crippen LogP contribution in [0.1, 0.15) is 59.9 Å². The van der Waals surface area contributed by atoms with Crippen molar-refractivity contribution in [2.45, 2.75) is 108 Å². The molecule has 3 aromatic carbocycles. The third-order valence-corrected chi connectivity index (χ3v) is 14.6. The van der Waals surface area contributed by atoms with E-state index in [-0.39, 0.29) is 34.2 Å². The predicted molar refractivity (Wildman–Crippen MR) is 186 cm³/mol. The van der Waals surface area contributed by atoms with Crippen molar-refractivity contribution >= 4 is 30.1 Å². The van der Waals surface area contributed by atoms with Gasteiger partial charge in [0.05, 0.1) is 17.0 Å². The predicted octanol–water partition coefficient (Wildman–Crippen LogP) is 8.27. The van der Waals surface area contributed by atoms with Gasteiger partial charge >= 0.3 is 6.09 Å². The highest BCUT2D eigenvalue weighted by molar-refractivity contribution is 7.92. The van der Waals surface area contributed by atoms with Gasteiger partial charge in [0.15, 0.2) is 8.32 Å². The minimum atomic E-state index is -3.70. The number of hydrogen-bond acceptors (Lipinski definition) is 6. The first-order valence-electron chi connectivity index (χ1n) is 16.0. The van der Waals surface area contributed by atoms with E-state index in [0.29, 0.717) is 18.7 Å². The molecule has 1 amide bonds. The molecule has 1 fully saturated rings. The van der Waals surface area contributed by atoms with Crippen molar-refractivity contribution in [3.63, 3.8) is 0 Å². The quantitative estimate of drug-likeness (QED) is 0.207. The van der Waals surface area contributed by atoms with Crippen molar-refractivity contribution in [3.8, 4) is 5.75 Å². The molecule has 3 aromatic rings. The summed E-state index contributed by atoms with van der Waals surface area (Å²) >= 11 is 0. The Hall–Kier alpha value is -3.34. The smallest absolute Gasteiger partial charge is 0.410 e. The van der Waals surface area contributed by atoms with Crippen molar-refractivity contribution in [1.82, 2.24) is 4.90 Å². The number of nitrogens with one attached hydrogen (secondary N) is 1. The van der Waals surface area contributed by atoms with Crippen LogP contribution in [0.25, 0.3) is 0 Å². The number of anilines is 1. The monoisotopic (exact) mass is 666 g/mol. The van der Waals surface area contributed by atoms with E-state index in [0.717, 1.165) is 24.2 Å². The molecule has 8 nitrogen and oxygen atoms in total. The van der Waals surface area contributed by atoms with Crippen LogP contribution in [-0.4, -0.2) is 58.1 Å². The fourth-order valence-electron chi connectivity index (χ4n) is 5.35. The lowest BCUT2D eigenvalue weighted by molar-refractivity contribution is -0.00945. The average molecular weight is 667 g/mol. The van der Waals surface area contributed by atoms with Crippen LogP contribution in [-0.2, 0) is 25.6 Å². The second-order valence-corrected chi connectivity index (χ2v) is 21.0. The summed E-state index contributed by atoms with van der Waals surface area (Å²) in [6.07, 6.45) is 1.39. The van der Waals surface area contributed by atoms with Gasteiger partial charge in [0, 0.05) is 11.7 Å². The van der Waals surface area contributed by atoms with Crippen LogP contribution in [0.3, 0.4) is 0 Å². The molecule has 0 aromatic heterocycles. The molecule has 0 spiro atoms. The highest BCUT2D eigenvalue weighted by Gasteiger charge is 2.47. The van der Waals surface area contributed by atoms with Crippen LogP contribution in [0.5, 0.6) is 5.75 Å². The summed E-state index contributed by atoms with van der Waals surface area (Å²) in [5.74, 6) is 0.757. The van der Waals surface area contributed by atoms with E-state index in [1.54, 1.807) is 42.5 Å². The highest BCUT2D eigenvalue weighted by atomic mass is 32.2. The molecule has 0 aliphatic carbocycles. The van der Waals surface area contributed by atoms with Gasteiger partial charge in [0.2, 0.25) is 0 Å². The van der Waals surface area contributed by atoms with Crippen LogP contribution >= 0.6 is 0 Å². The molecule has 1 heterocycles. The Labute approximate surface area is 276 Å². The van der Waals surface area contributed by atoms with Crippen molar-refractivity contribution in [3.05, 3.63) is 90.5 Å². The third-order valence-electron chi connectivity index (χ3n) is 8.72. The van der Waals surface area contributed by atoms with Crippen molar-refractivity contribution in [1.29, 1.82) is 0 Å². The Morgan fingerprint density at radius 2 is 1.48 bits per heavy atom. The van der Waals surface area contributed by atoms with E-state index in [4.69, 9.17) is 13.9 Å². The van der Waals surface area contributed by atoms with Crippen LogP contribution in [0, 0.1) is 0 Å². The second kappa shape index (κ2) is 14.2. The molecule has 10 heteroatoms. The molecule has 1 saturated heterocycles. The van der Waals surface area contributed by atoms with Crippen LogP contribution in [0.15, 0.2) is 89.8 Å². The van der Waals surface area contributed by atoms with Crippen molar-refractivity contribution < 1.29 is 27.1 Å². The highest BCUT2D eigenvalue weighted by Crippen LogP contribution is 2.40. The van der Waals surface area contributed by atoms with Crippen molar-refractivity contribution in [2.75, 3.05) is 11.3 Å². The zero-order valence-electron chi connectivity index (χ0n) is 28.4. The number of para-hydroxylation sites is 1. The summed E-state index contributed by atoms with van der Waals surface area (Å²) in [5, 5.41) is -0.0312. The number of benzene rings is 3. The maximum absolute atomic E-state index is 13.9. The molecule has 1 N–H and O–H groups in total. The zero-order valence-corrected chi connectivity index (χ0v) is 30.3. The maximum atomic E-state index is 13.9. The zero-order chi connectivity index (χ0) is 33.8. The average Bonchev–Trinajstić information content (AvgIpc) is 3.39. The second-order valence-electron chi connectivity index (χ2n) is 14.5. The van der Waals surface area contributed by atoms with E-state index >= 15 is 0 Å². The molecular formula is C36H50N2O6SSi. The van der Waals surface area contributed by atoms with Gasteiger partial charge in [-0.2, -0.15) is 0 Å². The number of likely N-dealkylation sites (tertiary alicyclic amines) is 1. The molecule has 0 saturated carbocycles. The van der Waals surface area contributed by atoms with Gasteiger partial charge in [-0.05, 0) is 100 Å². The lowest BCUT2D eigenvalue weighted by atomic mass is 10.0. The lowest BCUT2D eigenvalue weighted by Crippen LogP contribution is -2.55. The van der Waals surface area contributed by atoms with Gasteiger partial charge in [-0.3, -0.25) is 9.62 Å². The van der Waals surface area contributed by atoms with Gasteiger partial charge in [0.1, 0.15) is 18.0 Å². The number of amides is 1. The molecule has 3 atom stereocenters. The Morgan fingerprint density at radius 3 is 2.04 bits per heavy atom. The number of carbonyl (C=O) groups excluding carboxylic acids is 1. The Bertz CT molecular complexity index is 1540. The van der Waals surface area contributed by atoms with Crippen LogP contribution < -0.4 is 9.46 Å². The van der Waals surface area contributed by atoms with Gasteiger partial charge in [-0.25, -0.2) is 13.2 Å². The molecule has 4 rings (SSSR count). The van der Waals surface area contributed by atoms with Gasteiger partial charge in [-0.15, -0.1) is 0 Å². The maximum Gasteiger partial charge on any atom is 0.410 e. The largest absolute Gasteiger partial charge is 0.491 e. The summed E-state index contributed by atoms with van der Waals surface area (Å²) in [6, 6.07) is 24.9. The molecule has 1 aliphatic rings. The Balaban J connectivity index is 1.58. The minimum Gasteiger partial charge on any atom is -0.491 e. The first-order valence-corrected chi connectivity index (χ1v) is 20.4. The molecule has 0 unspecified atom stereocenters. The van der Waals surface area contributed by atoms with Crippen LogP contribution in [0.2, 0.25) is 18.1 Å². The minimum absolute atomic E-state index is 0.0312. The van der Waals surface area contributed by atoms with E-state index < -0.39 is 23.9 Å². The summed E-state index contributed by atoms with van der Waals surface area (Å²) < 4.78 is 47.5. The third kappa shape index (κ3) is 9.36. The summed E-state index contributed by atoms with van der Waals surface area (Å²) in [4.78, 5) is 16.0. The Morgan fingerprint density at radius 1 is 0.891 bits per heavy atom. The first kappa shape index (κ1) is 35.5. The SMILES string of the molecule is CC(C)(C)OC(=O)N1[C@H](Cc2ccc(NS(=O)(=O)c3ccccc3)cc2)CC[C@@H]1[C@@H](COc1ccccc1)O[Si](C)(C)C(C)(C)C. The van der Waals surface area contributed by atoms with Gasteiger partial charge in [-0.1, -0.05) is 69.3 Å². The number of hydrogen-bond donors (Lipinski definition) is 1. The molecule has 46 heavy (non-hydrogen) atoms. The fourth-order valence-corrected chi connectivity index (χ4v) is 7.76. The normalized spacial score (nSPS) is 18.2. The van der Waals surface area contributed by atoms with Crippen LogP contribution in [0.4, 0.5) is 10.5 Å². The first-order chi connectivity index (χ1) is 21.5. The van der Waals surface area contributed by atoms with E-state index in [1.807, 2.05) is 68.1 Å². The molecule has 0 bridgehead atoms. The molecular weight excluding hydrogens is 617 g/mol. The van der Waals surface area contributed by atoms with E-state index in [1.165, 1.54) is 0 Å². The summed E-state index contributed by atoms with van der Waals surface area (Å²) in [7, 11) is -5.94. The molecule has 1 aliphatic heterocycles. The number of carbonyl (C=O) groups is 1. The summed E-state index contributed by atoms with van der Waals surface area (Å²) in [6.45, 7) is 17.0. The lowest BCUT2D eigenvalue weighted by Gasteiger charge is -2.43. The van der Waals surface area contributed by atoms with E-state index in [9.17, 15) is 13.2 Å². The fraction of sp³-hybridized carbons (Fsp3) is 0.472. The molecule has 0 radical (unpaired) electrons. The van der Waals surface area contributed by atoms with Gasteiger partial charge < -0.3 is 13.9 Å². The van der Waals surface area contributed by atoms with Gasteiger partial charge in [0.25, 0.3) is 10.0 Å². The number of sulfonamides is 1. The topological polar surface area (TPSA) is 94.2 Å². The van der Waals surface area contributed by atoms with Crippen molar-refractivity contribution in [2.24, 2.45) is 0 Å². The molecule has 250 valence electrons. The standard InChI is InChI=1S/C36H50N2O6SSi/c1-35(2,3)43-34(39)38-29(25-27-19-21-28(22-20-27)37-45(40,41)31-17-13-10-14-18-31)23-24-32(38)33(44-46(7,8)36(4,5)6)26-42-30-15-11-9-12-16-30/h9-22,29,32-33,37H,23-26H2,1-8H3/t29-,32+,33+/m0/s1. The summed E-state index contributed by atoms with van der Waals surface area (Å²) in [5.41, 5.74) is 0.800. The number of nitrogens with zero attached hydrogens (tertiary/aromatic N) is 1. The van der Waals surface area contributed by atoms with E-state index in [2.05, 4.69) is 38.6 Å². The number of ether oxygens (including phenoxy) is 2. The Kier molecular flexibility index (Phi) is 11.0. The number of rotatable bonds is 11.